The Labute approximate surface area is 238 Å². The van der Waals surface area contributed by atoms with Gasteiger partial charge >= 0.3 is 0 Å². The summed E-state index contributed by atoms with van der Waals surface area (Å²) < 4.78 is 13.3. The van der Waals surface area contributed by atoms with Crippen molar-refractivity contribution >= 4 is 34.4 Å². The van der Waals surface area contributed by atoms with Crippen LogP contribution in [0.4, 0.5) is 0 Å². The first kappa shape index (κ1) is 26.6. The van der Waals surface area contributed by atoms with Gasteiger partial charge < -0.3 is 19.6 Å². The number of hydrogen-bond acceptors (Lipinski definition) is 8. The molecule has 3 heterocycles. The zero-order valence-corrected chi connectivity index (χ0v) is 24.1. The van der Waals surface area contributed by atoms with Gasteiger partial charge in [0.1, 0.15) is 0 Å². The number of hydrogen-bond donors (Lipinski definition) is 2. The number of allylic oxidation sites excluding steroid dienone is 4. The molecular weight excluding hydrogens is 526 g/mol. The maximum atomic E-state index is 14.4. The first-order valence-electron chi connectivity index (χ1n) is 14.6. The average Bonchev–Trinajstić information content (AvgIpc) is 3.57. The molecule has 7 unspecified atom stereocenters. The molecule has 4 aliphatic carbocycles. The molecule has 5 aliphatic rings. The number of carbonyl (C=O) groups is 2. The molecule has 0 radical (unpaired) electrons. The van der Waals surface area contributed by atoms with Crippen LogP contribution in [0.3, 0.4) is 0 Å². The number of aromatic amines is 1. The lowest BCUT2D eigenvalue weighted by molar-refractivity contribution is -0.197. The second kappa shape index (κ2) is 9.34. The number of pyridine rings is 1. The maximum absolute atomic E-state index is 14.4. The summed E-state index contributed by atoms with van der Waals surface area (Å²) in [5.41, 5.74) is 0.743. The molecule has 7 rings (SSSR count). The summed E-state index contributed by atoms with van der Waals surface area (Å²) in [6.07, 6.45) is 12.1. The Bertz CT molecular complexity index is 1400. The fraction of sp³-hybridized carbons (Fsp3) is 0.613. The molecule has 0 spiro atoms. The molecule has 4 fully saturated rings. The van der Waals surface area contributed by atoms with Gasteiger partial charge in [0.05, 0.1) is 35.2 Å². The van der Waals surface area contributed by atoms with Crippen molar-refractivity contribution < 1.29 is 24.2 Å². The van der Waals surface area contributed by atoms with Gasteiger partial charge in [-0.05, 0) is 62.2 Å². The lowest BCUT2D eigenvalue weighted by Crippen LogP contribution is -2.63. The number of aromatic nitrogens is 3. The van der Waals surface area contributed by atoms with Gasteiger partial charge in [0, 0.05) is 22.9 Å². The van der Waals surface area contributed by atoms with Crippen LogP contribution in [0.1, 0.15) is 59.3 Å². The molecule has 0 amide bonds. The summed E-state index contributed by atoms with van der Waals surface area (Å²) in [6.45, 7) is 6.43. The van der Waals surface area contributed by atoms with E-state index in [0.29, 0.717) is 11.6 Å². The molecule has 2 aromatic heterocycles. The van der Waals surface area contributed by atoms with Gasteiger partial charge in [0.25, 0.3) is 0 Å². The van der Waals surface area contributed by atoms with E-state index in [1.165, 1.54) is 11.8 Å². The van der Waals surface area contributed by atoms with Gasteiger partial charge in [-0.3, -0.25) is 14.6 Å². The molecule has 9 atom stereocenters. The van der Waals surface area contributed by atoms with E-state index in [9.17, 15) is 14.7 Å². The standard InChI is InChI=1S/C31H37N3O5S/c1-4-5-26-38-25-13-20-19-7-6-17-12-18(35)8-10-29(17,2)27(19)23(36)14-30(20,3)31(25,39-26)24(37)16-40-28-33-21-9-11-32-15-22(21)34-28/h8-12,15,19-20,23,25-27,36H,4-7,13-14,16H2,1-3H3,(H,33,34)/t19?,20?,23?,25-,26?,27?,29?,30?,31-/m1/s1. The van der Waals surface area contributed by atoms with Crippen molar-refractivity contribution in [1.29, 1.82) is 0 Å². The van der Waals surface area contributed by atoms with Gasteiger partial charge in [-0.25, -0.2) is 4.98 Å². The van der Waals surface area contributed by atoms with Crippen molar-refractivity contribution in [3.05, 3.63) is 42.3 Å². The van der Waals surface area contributed by atoms with Crippen molar-refractivity contribution in [2.75, 3.05) is 5.75 Å². The zero-order valence-electron chi connectivity index (χ0n) is 23.3. The van der Waals surface area contributed by atoms with Gasteiger partial charge in [0.15, 0.2) is 28.6 Å². The Morgan fingerprint density at radius 1 is 1.32 bits per heavy atom. The van der Waals surface area contributed by atoms with Gasteiger partial charge in [-0.1, -0.05) is 50.6 Å². The topological polar surface area (TPSA) is 114 Å². The molecule has 1 aliphatic heterocycles. The Kier molecular flexibility index (Phi) is 6.20. The third-order valence-electron chi connectivity index (χ3n) is 10.8. The number of nitrogens with one attached hydrogen (secondary N) is 1. The number of imidazole rings is 1. The minimum Gasteiger partial charge on any atom is -0.393 e. The lowest BCUT2D eigenvalue weighted by Gasteiger charge is -2.59. The van der Waals surface area contributed by atoms with E-state index in [2.05, 4.69) is 35.7 Å². The highest BCUT2D eigenvalue weighted by Gasteiger charge is 2.75. The highest BCUT2D eigenvalue weighted by atomic mass is 32.2. The number of Topliss-reactive ketones (excluding diaryl/α,β-unsaturated/α-hetero) is 1. The summed E-state index contributed by atoms with van der Waals surface area (Å²) in [5.74, 6) is 0.615. The van der Waals surface area contributed by atoms with Crippen LogP contribution in [0.5, 0.6) is 0 Å². The van der Waals surface area contributed by atoms with Crippen molar-refractivity contribution in [2.24, 2.45) is 28.6 Å². The number of H-pyrrole nitrogens is 1. The molecule has 40 heavy (non-hydrogen) atoms. The number of carbonyl (C=O) groups excluding carboxylic acids is 2. The van der Waals surface area contributed by atoms with Crippen molar-refractivity contribution in [3.8, 4) is 0 Å². The van der Waals surface area contributed by atoms with Gasteiger partial charge in [0.2, 0.25) is 0 Å². The molecule has 9 heteroatoms. The van der Waals surface area contributed by atoms with Crippen LogP contribution >= 0.6 is 11.8 Å². The molecular formula is C31H37N3O5S. The number of aliphatic hydroxyl groups is 1. The Hall–Kier alpha value is -2.33. The summed E-state index contributed by atoms with van der Waals surface area (Å²) in [6, 6.07) is 1.85. The minimum absolute atomic E-state index is 0.00845. The summed E-state index contributed by atoms with van der Waals surface area (Å²) in [4.78, 5) is 38.6. The predicted molar refractivity (Wildman–Crippen MR) is 150 cm³/mol. The summed E-state index contributed by atoms with van der Waals surface area (Å²) in [5, 5.41) is 12.6. The Balaban J connectivity index is 1.22. The number of ketones is 2. The number of fused-ring (bicyclic) bond motifs is 8. The average molecular weight is 564 g/mol. The van der Waals surface area contributed by atoms with Crippen LogP contribution in [0.2, 0.25) is 0 Å². The van der Waals surface area contributed by atoms with E-state index in [0.717, 1.165) is 48.7 Å². The van der Waals surface area contributed by atoms with Crippen LogP contribution in [-0.4, -0.2) is 61.5 Å². The van der Waals surface area contributed by atoms with Crippen molar-refractivity contribution in [1.82, 2.24) is 15.0 Å². The van der Waals surface area contributed by atoms with Crippen LogP contribution in [0, 0.1) is 28.6 Å². The SMILES string of the molecule is CCCC1O[C@@H]2CC3C4CCC5=CC(=O)C=CC5(C)C4C(O)CC3(C)[C@]2(C(=O)CSc2nc3ccncc3[nH]2)O1. The minimum atomic E-state index is -1.11. The highest BCUT2D eigenvalue weighted by molar-refractivity contribution is 7.99. The quantitative estimate of drug-likeness (QED) is 0.483. The van der Waals surface area contributed by atoms with Crippen molar-refractivity contribution in [2.45, 2.75) is 88.6 Å². The fourth-order valence-electron chi connectivity index (χ4n) is 9.15. The number of ether oxygens (including phenoxy) is 2. The first-order valence-corrected chi connectivity index (χ1v) is 15.6. The maximum Gasteiger partial charge on any atom is 0.178 e. The second-order valence-corrected chi connectivity index (χ2v) is 13.8. The molecule has 1 saturated heterocycles. The third-order valence-corrected chi connectivity index (χ3v) is 11.7. The molecule has 212 valence electrons. The molecule has 0 bridgehead atoms. The molecule has 0 aromatic carbocycles. The fourth-order valence-corrected chi connectivity index (χ4v) is 9.98. The third kappa shape index (κ3) is 3.63. The molecule has 8 nitrogen and oxygen atoms in total. The van der Waals surface area contributed by atoms with E-state index in [-0.39, 0.29) is 46.6 Å². The largest absolute Gasteiger partial charge is 0.393 e. The first-order chi connectivity index (χ1) is 19.2. The second-order valence-electron chi connectivity index (χ2n) is 12.8. The smallest absolute Gasteiger partial charge is 0.178 e. The van der Waals surface area contributed by atoms with Crippen LogP contribution in [0.25, 0.3) is 11.0 Å². The van der Waals surface area contributed by atoms with Crippen molar-refractivity contribution in [3.63, 3.8) is 0 Å². The van der Waals surface area contributed by atoms with E-state index < -0.39 is 23.4 Å². The predicted octanol–water partition coefficient (Wildman–Crippen LogP) is 4.79. The van der Waals surface area contributed by atoms with E-state index >= 15 is 0 Å². The molecule has 2 N–H and O–H groups in total. The van der Waals surface area contributed by atoms with Crippen LogP contribution in [-0.2, 0) is 19.1 Å². The summed E-state index contributed by atoms with van der Waals surface area (Å²) in [7, 11) is 0. The Morgan fingerprint density at radius 3 is 2.98 bits per heavy atom. The van der Waals surface area contributed by atoms with E-state index in [1.807, 2.05) is 12.1 Å². The van der Waals surface area contributed by atoms with Crippen LogP contribution < -0.4 is 0 Å². The van der Waals surface area contributed by atoms with E-state index in [1.54, 1.807) is 24.5 Å². The zero-order chi connectivity index (χ0) is 27.9. The summed E-state index contributed by atoms with van der Waals surface area (Å²) >= 11 is 1.38. The monoisotopic (exact) mass is 563 g/mol. The highest BCUT2D eigenvalue weighted by Crippen LogP contribution is 2.69. The number of nitrogens with zero attached hydrogens (tertiary/aromatic N) is 2. The lowest BCUT2D eigenvalue weighted by atomic mass is 9.46. The van der Waals surface area contributed by atoms with Crippen LogP contribution in [0.15, 0.2) is 47.4 Å². The normalized spacial score (nSPS) is 41.8. The Morgan fingerprint density at radius 2 is 2.17 bits per heavy atom. The van der Waals surface area contributed by atoms with E-state index in [4.69, 9.17) is 9.47 Å². The number of rotatable bonds is 6. The van der Waals surface area contributed by atoms with Gasteiger partial charge in [-0.2, -0.15) is 0 Å². The molecule has 3 saturated carbocycles. The number of aliphatic hydroxyl groups excluding tert-OH is 1. The number of thioether (sulfide) groups is 1. The molecule has 2 aromatic rings. The van der Waals surface area contributed by atoms with Gasteiger partial charge in [-0.15, -0.1) is 0 Å².